The van der Waals surface area contributed by atoms with E-state index in [0.717, 1.165) is 37.7 Å². The smallest absolute Gasteiger partial charge is 0.123 e. The molecule has 3 rings (SSSR count). The summed E-state index contributed by atoms with van der Waals surface area (Å²) in [5, 5.41) is 0. The summed E-state index contributed by atoms with van der Waals surface area (Å²) in [6.07, 6.45) is 1.93. The molecule has 0 amide bonds. The molecule has 1 aromatic carbocycles. The van der Waals surface area contributed by atoms with Gasteiger partial charge in [-0.25, -0.2) is 0 Å². The van der Waals surface area contributed by atoms with Gasteiger partial charge in [0.1, 0.15) is 12.4 Å². The summed E-state index contributed by atoms with van der Waals surface area (Å²) >= 11 is 0. The lowest BCUT2D eigenvalue weighted by atomic mass is 10.1. The molecule has 20 heavy (non-hydrogen) atoms. The number of aryl methyl sites for hydroxylation is 2. The van der Waals surface area contributed by atoms with Gasteiger partial charge in [0.05, 0.1) is 5.69 Å². The Morgan fingerprint density at radius 1 is 1.15 bits per heavy atom. The van der Waals surface area contributed by atoms with Gasteiger partial charge in [-0.15, -0.1) is 0 Å². The maximum Gasteiger partial charge on any atom is 0.123 e. The van der Waals surface area contributed by atoms with Crippen molar-refractivity contribution in [2.75, 3.05) is 13.2 Å². The third kappa shape index (κ3) is 2.99. The highest BCUT2D eigenvalue weighted by Crippen LogP contribution is 2.24. The Balaban J connectivity index is 1.76. The summed E-state index contributed by atoms with van der Waals surface area (Å²) < 4.78 is 5.83. The zero-order chi connectivity index (χ0) is 13.9. The van der Waals surface area contributed by atoms with Crippen molar-refractivity contribution in [2.24, 2.45) is 0 Å². The number of pyridine rings is 1. The van der Waals surface area contributed by atoms with Crippen molar-refractivity contribution in [1.29, 1.82) is 0 Å². The number of nitrogens with zero attached hydrogens (tertiary/aromatic N) is 2. The lowest BCUT2D eigenvalue weighted by Gasteiger charge is -2.18. The number of benzene rings is 1. The van der Waals surface area contributed by atoms with Crippen LogP contribution in [0.3, 0.4) is 0 Å². The highest BCUT2D eigenvalue weighted by molar-refractivity contribution is 5.37. The Kier molecular flexibility index (Phi) is 3.70. The van der Waals surface area contributed by atoms with Crippen LogP contribution in [0.5, 0.6) is 5.75 Å². The summed E-state index contributed by atoms with van der Waals surface area (Å²) in [7, 11) is 0. The molecule has 0 spiro atoms. The molecule has 2 heterocycles. The average molecular weight is 268 g/mol. The lowest BCUT2D eigenvalue weighted by molar-refractivity contribution is 0.218. The first kappa shape index (κ1) is 13.1. The van der Waals surface area contributed by atoms with Gasteiger partial charge in [0.25, 0.3) is 0 Å². The van der Waals surface area contributed by atoms with Gasteiger partial charge >= 0.3 is 0 Å². The van der Waals surface area contributed by atoms with E-state index < -0.39 is 0 Å². The fraction of sp³-hybridized carbons (Fsp3) is 0.353. The molecular formula is C17H20N2O. The number of ether oxygens (including phenoxy) is 1. The second-order valence-electron chi connectivity index (χ2n) is 5.50. The van der Waals surface area contributed by atoms with Crippen LogP contribution in [0.1, 0.15) is 22.4 Å². The number of aromatic nitrogens is 1. The van der Waals surface area contributed by atoms with Gasteiger partial charge in [-0.2, -0.15) is 0 Å². The van der Waals surface area contributed by atoms with Gasteiger partial charge in [0.15, 0.2) is 0 Å². The van der Waals surface area contributed by atoms with Crippen LogP contribution in [0, 0.1) is 13.8 Å². The number of hydrogen-bond acceptors (Lipinski definition) is 3. The van der Waals surface area contributed by atoms with E-state index in [-0.39, 0.29) is 0 Å². The van der Waals surface area contributed by atoms with Crippen LogP contribution in [-0.2, 0) is 13.1 Å². The van der Waals surface area contributed by atoms with E-state index in [1.54, 1.807) is 0 Å². The predicted molar refractivity (Wildman–Crippen MR) is 79.8 cm³/mol. The Labute approximate surface area is 120 Å². The molecule has 0 bridgehead atoms. The third-order valence-electron chi connectivity index (χ3n) is 3.63. The highest BCUT2D eigenvalue weighted by atomic mass is 16.5. The molecule has 1 aliphatic rings. The topological polar surface area (TPSA) is 25.4 Å². The van der Waals surface area contributed by atoms with Crippen molar-refractivity contribution in [1.82, 2.24) is 9.88 Å². The van der Waals surface area contributed by atoms with Gasteiger partial charge < -0.3 is 4.74 Å². The van der Waals surface area contributed by atoms with E-state index in [0.29, 0.717) is 0 Å². The molecule has 0 N–H and O–H groups in total. The van der Waals surface area contributed by atoms with Gasteiger partial charge in [-0.3, -0.25) is 9.88 Å². The molecule has 2 aromatic rings. The molecule has 3 nitrogen and oxygen atoms in total. The van der Waals surface area contributed by atoms with Crippen LogP contribution >= 0.6 is 0 Å². The summed E-state index contributed by atoms with van der Waals surface area (Å²) in [4.78, 5) is 6.89. The lowest BCUT2D eigenvalue weighted by Crippen LogP contribution is -2.25. The van der Waals surface area contributed by atoms with E-state index in [4.69, 9.17) is 4.74 Å². The molecule has 0 saturated carbocycles. The van der Waals surface area contributed by atoms with Gasteiger partial charge in [-0.05, 0) is 31.5 Å². The quantitative estimate of drug-likeness (QED) is 0.837. The van der Waals surface area contributed by atoms with Crippen LogP contribution in [0.2, 0.25) is 0 Å². The monoisotopic (exact) mass is 268 g/mol. The van der Waals surface area contributed by atoms with Gasteiger partial charge in [0, 0.05) is 31.4 Å². The number of rotatable bonds is 2. The Morgan fingerprint density at radius 2 is 2.00 bits per heavy atom. The second-order valence-corrected chi connectivity index (χ2v) is 5.50. The van der Waals surface area contributed by atoms with Crippen molar-refractivity contribution in [2.45, 2.75) is 26.9 Å². The molecule has 0 aliphatic carbocycles. The fourth-order valence-corrected chi connectivity index (χ4v) is 2.53. The average Bonchev–Trinajstić information content (AvgIpc) is 2.62. The minimum Gasteiger partial charge on any atom is -0.492 e. The molecule has 0 atom stereocenters. The molecule has 1 aromatic heterocycles. The second kappa shape index (κ2) is 5.63. The van der Waals surface area contributed by atoms with Crippen molar-refractivity contribution >= 4 is 0 Å². The van der Waals surface area contributed by atoms with E-state index in [1.165, 1.54) is 16.7 Å². The fourth-order valence-electron chi connectivity index (χ4n) is 2.53. The van der Waals surface area contributed by atoms with E-state index in [1.807, 2.05) is 6.20 Å². The van der Waals surface area contributed by atoms with Crippen LogP contribution in [0.15, 0.2) is 36.5 Å². The minimum absolute atomic E-state index is 0.738. The normalized spacial score (nSPS) is 15.3. The highest BCUT2D eigenvalue weighted by Gasteiger charge is 2.15. The van der Waals surface area contributed by atoms with Crippen molar-refractivity contribution in [3.05, 3.63) is 58.9 Å². The first-order chi connectivity index (χ1) is 9.70. The zero-order valence-corrected chi connectivity index (χ0v) is 12.1. The summed E-state index contributed by atoms with van der Waals surface area (Å²) in [5.41, 5.74) is 4.87. The van der Waals surface area contributed by atoms with E-state index >= 15 is 0 Å². The van der Waals surface area contributed by atoms with Crippen LogP contribution in [-0.4, -0.2) is 23.0 Å². The molecule has 0 radical (unpaired) electrons. The summed E-state index contributed by atoms with van der Waals surface area (Å²) in [5.74, 6) is 1.02. The van der Waals surface area contributed by atoms with Crippen LogP contribution in [0.4, 0.5) is 0 Å². The van der Waals surface area contributed by atoms with E-state index in [2.05, 4.69) is 54.1 Å². The van der Waals surface area contributed by atoms with Gasteiger partial charge in [0.2, 0.25) is 0 Å². The first-order valence-corrected chi connectivity index (χ1v) is 7.07. The maximum atomic E-state index is 5.83. The van der Waals surface area contributed by atoms with Crippen molar-refractivity contribution in [3.8, 4) is 5.75 Å². The maximum absolute atomic E-state index is 5.83. The number of fused-ring (bicyclic) bond motifs is 1. The molecule has 0 unspecified atom stereocenters. The largest absolute Gasteiger partial charge is 0.492 e. The SMILES string of the molecule is Cc1ccc(CN2CCOc3ccc(C)cc3C2)nc1. The number of hydrogen-bond donors (Lipinski definition) is 0. The Bertz CT molecular complexity index is 592. The molecule has 0 fully saturated rings. The third-order valence-corrected chi connectivity index (χ3v) is 3.63. The predicted octanol–water partition coefficient (Wildman–Crippen LogP) is 3.09. The van der Waals surface area contributed by atoms with Gasteiger partial charge in [-0.1, -0.05) is 23.8 Å². The molecular weight excluding hydrogens is 248 g/mol. The summed E-state index contributed by atoms with van der Waals surface area (Å²) in [6, 6.07) is 10.6. The first-order valence-electron chi connectivity index (χ1n) is 7.07. The molecule has 1 aliphatic heterocycles. The summed E-state index contributed by atoms with van der Waals surface area (Å²) in [6.45, 7) is 7.65. The van der Waals surface area contributed by atoms with Crippen molar-refractivity contribution < 1.29 is 4.74 Å². The minimum atomic E-state index is 0.738. The van der Waals surface area contributed by atoms with Crippen LogP contribution in [0.25, 0.3) is 0 Å². The van der Waals surface area contributed by atoms with Crippen molar-refractivity contribution in [3.63, 3.8) is 0 Å². The molecule has 0 saturated heterocycles. The van der Waals surface area contributed by atoms with Crippen LogP contribution < -0.4 is 4.74 Å². The Morgan fingerprint density at radius 3 is 2.80 bits per heavy atom. The molecule has 104 valence electrons. The molecule has 3 heteroatoms. The Hall–Kier alpha value is -1.87. The van der Waals surface area contributed by atoms with E-state index in [9.17, 15) is 0 Å². The zero-order valence-electron chi connectivity index (χ0n) is 12.1. The standard InChI is InChI=1S/C17H20N2O/c1-13-4-6-17-15(9-13)11-19(7-8-20-17)12-16-5-3-14(2)10-18-16/h3-6,9-10H,7-8,11-12H2,1-2H3.